The molecule has 1 aromatic carbocycles. The minimum atomic E-state index is 0.893. The first-order valence-electron chi connectivity index (χ1n) is 3.63. The molecule has 1 rings (SSSR count). The number of hydrogen-bond donors (Lipinski definition) is 0. The summed E-state index contributed by atoms with van der Waals surface area (Å²) >= 11 is 6.84. The molecular formula is C10H10S2. The highest BCUT2D eigenvalue weighted by Crippen LogP contribution is 2.04. The monoisotopic (exact) mass is 194 g/mol. The SMILES string of the molecule is CSC=CC(=S)c1ccccc1. The number of allylic oxidation sites excluding steroid dienone is 1. The van der Waals surface area contributed by atoms with E-state index in [4.69, 9.17) is 12.2 Å². The largest absolute Gasteiger partial charge is 0.138 e. The normalized spacial score (nSPS) is 10.4. The van der Waals surface area contributed by atoms with Crippen LogP contribution in [-0.2, 0) is 0 Å². The molecule has 0 radical (unpaired) electrons. The minimum absolute atomic E-state index is 0.893. The van der Waals surface area contributed by atoms with Gasteiger partial charge in [0.15, 0.2) is 0 Å². The second kappa shape index (κ2) is 5.12. The smallest absolute Gasteiger partial charge is 0.0454 e. The Morgan fingerprint density at radius 3 is 2.58 bits per heavy atom. The molecule has 0 spiro atoms. The van der Waals surface area contributed by atoms with E-state index >= 15 is 0 Å². The van der Waals surface area contributed by atoms with Crippen LogP contribution >= 0.6 is 24.0 Å². The van der Waals surface area contributed by atoms with Gasteiger partial charge in [-0.25, -0.2) is 0 Å². The van der Waals surface area contributed by atoms with Crippen molar-refractivity contribution < 1.29 is 0 Å². The third kappa shape index (κ3) is 2.80. The average Bonchev–Trinajstić information content (AvgIpc) is 2.15. The third-order valence-electron chi connectivity index (χ3n) is 1.41. The first-order chi connectivity index (χ1) is 5.84. The van der Waals surface area contributed by atoms with Gasteiger partial charge in [-0.15, -0.1) is 11.8 Å². The lowest BCUT2D eigenvalue weighted by molar-refractivity contribution is 1.67. The van der Waals surface area contributed by atoms with Gasteiger partial charge in [0.05, 0.1) is 0 Å². The second-order valence-corrected chi connectivity index (χ2v) is 3.45. The maximum atomic E-state index is 5.19. The van der Waals surface area contributed by atoms with Gasteiger partial charge in [-0.3, -0.25) is 0 Å². The van der Waals surface area contributed by atoms with E-state index < -0.39 is 0 Å². The summed E-state index contributed by atoms with van der Waals surface area (Å²) in [7, 11) is 0. The summed E-state index contributed by atoms with van der Waals surface area (Å²) in [5.74, 6) is 0. The van der Waals surface area contributed by atoms with Crippen molar-refractivity contribution in [2.75, 3.05) is 6.26 Å². The average molecular weight is 194 g/mol. The van der Waals surface area contributed by atoms with E-state index in [2.05, 4.69) is 0 Å². The quantitative estimate of drug-likeness (QED) is 0.411. The molecule has 0 aliphatic carbocycles. The van der Waals surface area contributed by atoms with Crippen molar-refractivity contribution >= 4 is 28.8 Å². The lowest BCUT2D eigenvalue weighted by atomic mass is 10.1. The van der Waals surface area contributed by atoms with Crippen molar-refractivity contribution in [2.45, 2.75) is 0 Å². The van der Waals surface area contributed by atoms with Gasteiger partial charge in [0, 0.05) is 4.86 Å². The summed E-state index contributed by atoms with van der Waals surface area (Å²) in [4.78, 5) is 0.893. The third-order valence-corrected chi connectivity index (χ3v) is 2.19. The molecule has 0 saturated carbocycles. The van der Waals surface area contributed by atoms with Gasteiger partial charge >= 0.3 is 0 Å². The molecule has 0 bridgehead atoms. The van der Waals surface area contributed by atoms with Crippen molar-refractivity contribution in [3.8, 4) is 0 Å². The number of rotatable bonds is 3. The van der Waals surface area contributed by atoms with Crippen molar-refractivity contribution in [1.82, 2.24) is 0 Å². The van der Waals surface area contributed by atoms with Crippen LogP contribution in [0.3, 0.4) is 0 Å². The van der Waals surface area contributed by atoms with Gasteiger partial charge in [0.25, 0.3) is 0 Å². The van der Waals surface area contributed by atoms with Crippen molar-refractivity contribution in [2.24, 2.45) is 0 Å². The number of thioether (sulfide) groups is 1. The van der Waals surface area contributed by atoms with Crippen LogP contribution in [0.1, 0.15) is 5.56 Å². The summed E-state index contributed by atoms with van der Waals surface area (Å²) in [6.07, 6.45) is 3.97. The second-order valence-electron chi connectivity index (χ2n) is 2.27. The van der Waals surface area contributed by atoms with Crippen LogP contribution in [0, 0.1) is 0 Å². The lowest BCUT2D eigenvalue weighted by Gasteiger charge is -1.95. The maximum Gasteiger partial charge on any atom is 0.0454 e. The van der Waals surface area contributed by atoms with Gasteiger partial charge in [-0.2, -0.15) is 0 Å². The molecule has 0 aliphatic heterocycles. The number of thiocarbonyl (C=S) groups is 1. The Morgan fingerprint density at radius 1 is 1.33 bits per heavy atom. The Balaban J connectivity index is 2.72. The summed E-state index contributed by atoms with van der Waals surface area (Å²) in [6, 6.07) is 10.0. The van der Waals surface area contributed by atoms with Crippen molar-refractivity contribution in [1.29, 1.82) is 0 Å². The molecule has 1 aromatic rings. The fourth-order valence-electron chi connectivity index (χ4n) is 0.828. The minimum Gasteiger partial charge on any atom is -0.138 e. The summed E-state index contributed by atoms with van der Waals surface area (Å²) in [5.41, 5.74) is 1.11. The Kier molecular flexibility index (Phi) is 4.05. The highest BCUT2D eigenvalue weighted by molar-refractivity contribution is 8.01. The molecule has 0 heterocycles. The summed E-state index contributed by atoms with van der Waals surface area (Å²) in [5, 5.41) is 2.00. The molecule has 0 atom stereocenters. The fraction of sp³-hybridized carbons (Fsp3) is 0.100. The molecule has 0 saturated heterocycles. The molecule has 0 N–H and O–H groups in total. The lowest BCUT2D eigenvalue weighted by Crippen LogP contribution is -1.89. The first-order valence-corrected chi connectivity index (χ1v) is 5.33. The van der Waals surface area contributed by atoms with E-state index in [-0.39, 0.29) is 0 Å². The topological polar surface area (TPSA) is 0 Å². The van der Waals surface area contributed by atoms with Gasteiger partial charge in [-0.05, 0) is 23.3 Å². The van der Waals surface area contributed by atoms with Crippen LogP contribution in [-0.4, -0.2) is 11.1 Å². The maximum absolute atomic E-state index is 5.19. The molecule has 0 amide bonds. The van der Waals surface area contributed by atoms with Crippen LogP contribution in [0.15, 0.2) is 41.8 Å². The molecule has 0 aromatic heterocycles. The van der Waals surface area contributed by atoms with E-state index in [1.165, 1.54) is 0 Å². The van der Waals surface area contributed by atoms with Crippen molar-refractivity contribution in [3.05, 3.63) is 47.4 Å². The summed E-state index contributed by atoms with van der Waals surface area (Å²) in [6.45, 7) is 0. The predicted molar refractivity (Wildman–Crippen MR) is 60.8 cm³/mol. The Labute approximate surface area is 82.7 Å². The van der Waals surface area contributed by atoms with E-state index in [0.29, 0.717) is 0 Å². The van der Waals surface area contributed by atoms with E-state index in [0.717, 1.165) is 10.4 Å². The van der Waals surface area contributed by atoms with Gasteiger partial charge < -0.3 is 0 Å². The zero-order valence-electron chi connectivity index (χ0n) is 6.86. The van der Waals surface area contributed by atoms with Crippen LogP contribution in [0.5, 0.6) is 0 Å². The molecule has 0 unspecified atom stereocenters. The molecule has 62 valence electrons. The number of benzene rings is 1. The Bertz CT molecular complexity index is 275. The molecular weight excluding hydrogens is 184 g/mol. The standard InChI is InChI=1S/C10H10S2/c1-12-8-7-10(11)9-5-3-2-4-6-9/h2-8H,1H3. The predicted octanol–water partition coefficient (Wildman–Crippen LogP) is 3.28. The zero-order valence-corrected chi connectivity index (χ0v) is 8.49. The zero-order chi connectivity index (χ0) is 8.81. The first kappa shape index (κ1) is 9.49. The molecule has 0 nitrogen and oxygen atoms in total. The summed E-state index contributed by atoms with van der Waals surface area (Å²) < 4.78 is 0. The van der Waals surface area contributed by atoms with Crippen LogP contribution < -0.4 is 0 Å². The highest BCUT2D eigenvalue weighted by Gasteiger charge is 1.92. The van der Waals surface area contributed by atoms with Gasteiger partial charge in [-0.1, -0.05) is 42.5 Å². The fourth-order valence-corrected chi connectivity index (χ4v) is 1.39. The molecule has 12 heavy (non-hydrogen) atoms. The van der Waals surface area contributed by atoms with Gasteiger partial charge in [0.2, 0.25) is 0 Å². The Hall–Kier alpha value is -0.600. The highest BCUT2D eigenvalue weighted by atomic mass is 32.2. The molecule has 0 aliphatic rings. The van der Waals surface area contributed by atoms with Crippen LogP contribution in [0.4, 0.5) is 0 Å². The Morgan fingerprint density at radius 2 is 2.00 bits per heavy atom. The van der Waals surface area contributed by atoms with E-state index in [1.807, 2.05) is 48.1 Å². The van der Waals surface area contributed by atoms with Crippen molar-refractivity contribution in [3.63, 3.8) is 0 Å². The molecule has 2 heteroatoms. The van der Waals surface area contributed by atoms with Gasteiger partial charge in [0.1, 0.15) is 0 Å². The van der Waals surface area contributed by atoms with E-state index in [9.17, 15) is 0 Å². The van der Waals surface area contributed by atoms with E-state index in [1.54, 1.807) is 11.8 Å². The number of hydrogen-bond acceptors (Lipinski definition) is 2. The van der Waals surface area contributed by atoms with Crippen LogP contribution in [0.2, 0.25) is 0 Å². The molecule has 0 fully saturated rings. The van der Waals surface area contributed by atoms with Crippen LogP contribution in [0.25, 0.3) is 0 Å².